The van der Waals surface area contributed by atoms with Crippen molar-refractivity contribution in [2.24, 2.45) is 5.73 Å². The highest BCUT2D eigenvalue weighted by Gasteiger charge is 2.21. The zero-order valence-corrected chi connectivity index (χ0v) is 20.1. The Bertz CT molecular complexity index is 1200. The van der Waals surface area contributed by atoms with E-state index < -0.39 is 16.9 Å². The van der Waals surface area contributed by atoms with E-state index in [0.29, 0.717) is 23.5 Å². The second kappa shape index (κ2) is 11.5. The van der Waals surface area contributed by atoms with Crippen molar-refractivity contribution in [1.29, 1.82) is 0 Å². The summed E-state index contributed by atoms with van der Waals surface area (Å²) in [6, 6.07) is 18.5. The molecule has 0 aliphatic heterocycles. The summed E-state index contributed by atoms with van der Waals surface area (Å²) in [7, 11) is 0. The maximum absolute atomic E-state index is 11.2. The van der Waals surface area contributed by atoms with Crippen molar-refractivity contribution in [2.45, 2.75) is 31.9 Å². The normalized spacial score (nSPS) is 12.1. The molecule has 0 fully saturated rings. The average molecular weight is 495 g/mol. The maximum atomic E-state index is 11.2. The third-order valence-corrected chi connectivity index (χ3v) is 5.43. The van der Waals surface area contributed by atoms with Gasteiger partial charge >= 0.3 is 0 Å². The molecule has 0 bridgehead atoms. The van der Waals surface area contributed by atoms with Crippen molar-refractivity contribution in [3.8, 4) is 17.2 Å². The number of nitro benzene ring substituents is 1. The first kappa shape index (κ1) is 26.5. The van der Waals surface area contributed by atoms with E-state index in [4.69, 9.17) is 20.9 Å². The van der Waals surface area contributed by atoms with Gasteiger partial charge in [-0.15, -0.1) is 0 Å². The van der Waals surface area contributed by atoms with Gasteiger partial charge in [0.25, 0.3) is 5.69 Å². The number of carbonyl (C=O) groups is 1. The second-order valence-electron chi connectivity index (χ2n) is 8.99. The summed E-state index contributed by atoms with van der Waals surface area (Å²) >= 11 is 0. The van der Waals surface area contributed by atoms with E-state index in [1.54, 1.807) is 24.3 Å². The molecule has 3 rings (SSSR count). The fourth-order valence-corrected chi connectivity index (χ4v) is 3.53. The Morgan fingerprint density at radius 3 is 2.28 bits per heavy atom. The molecule has 3 aromatic rings. The summed E-state index contributed by atoms with van der Waals surface area (Å²) < 4.78 is 11.3. The van der Waals surface area contributed by atoms with Gasteiger partial charge < -0.3 is 31.4 Å². The number of nitrogens with two attached hydrogens (primary N) is 2. The number of nitrogen functional groups attached to an aromatic ring is 1. The number of amides is 1. The molecule has 3 aromatic carbocycles. The van der Waals surface area contributed by atoms with Crippen molar-refractivity contribution < 1.29 is 24.3 Å². The fourth-order valence-electron chi connectivity index (χ4n) is 3.53. The van der Waals surface area contributed by atoms with Gasteiger partial charge in [0.2, 0.25) is 5.91 Å². The lowest BCUT2D eigenvalue weighted by molar-refractivity contribution is -0.384. The van der Waals surface area contributed by atoms with E-state index in [0.717, 1.165) is 5.56 Å². The minimum absolute atomic E-state index is 0.0685. The molecule has 36 heavy (non-hydrogen) atoms. The Kier molecular flexibility index (Phi) is 8.46. The topological polar surface area (TPSA) is 163 Å². The van der Waals surface area contributed by atoms with Crippen molar-refractivity contribution >= 4 is 17.3 Å². The van der Waals surface area contributed by atoms with Gasteiger partial charge in [-0.3, -0.25) is 14.9 Å². The number of carbonyl (C=O) groups excluding carboxylic acids is 1. The number of rotatable bonds is 12. The summed E-state index contributed by atoms with van der Waals surface area (Å²) in [4.78, 5) is 21.6. The van der Waals surface area contributed by atoms with Gasteiger partial charge in [-0.2, -0.15) is 0 Å². The lowest BCUT2D eigenvalue weighted by Gasteiger charge is -2.28. The van der Waals surface area contributed by atoms with Crippen molar-refractivity contribution in [2.75, 3.05) is 18.9 Å². The molecule has 190 valence electrons. The number of nitrogens with zero attached hydrogens (tertiary/aromatic N) is 1. The van der Waals surface area contributed by atoms with E-state index in [1.807, 2.05) is 38.1 Å². The number of anilines is 1. The Hall–Kier alpha value is -4.15. The molecule has 0 aliphatic carbocycles. The number of primary amides is 1. The minimum atomic E-state index is -0.848. The Balaban J connectivity index is 1.48. The zero-order chi connectivity index (χ0) is 26.3. The second-order valence-corrected chi connectivity index (χ2v) is 8.99. The van der Waals surface area contributed by atoms with Crippen molar-refractivity contribution in [3.63, 3.8) is 0 Å². The van der Waals surface area contributed by atoms with Crippen LogP contribution in [0.2, 0.25) is 0 Å². The van der Waals surface area contributed by atoms with Crippen LogP contribution in [0.15, 0.2) is 66.7 Å². The number of ether oxygens (including phenoxy) is 2. The highest BCUT2D eigenvalue weighted by Crippen LogP contribution is 2.31. The zero-order valence-electron chi connectivity index (χ0n) is 20.1. The molecular formula is C26H30N4O6. The molecule has 1 atom stereocenters. The predicted octanol–water partition coefficient (Wildman–Crippen LogP) is 3.42. The van der Waals surface area contributed by atoms with Crippen molar-refractivity contribution in [3.05, 3.63) is 88.0 Å². The molecule has 10 nitrogen and oxygen atoms in total. The molecule has 0 spiro atoms. The van der Waals surface area contributed by atoms with Crippen LogP contribution in [0.4, 0.5) is 11.4 Å². The van der Waals surface area contributed by atoms with E-state index in [9.17, 15) is 20.0 Å². The van der Waals surface area contributed by atoms with E-state index in [2.05, 4.69) is 5.32 Å². The largest absolute Gasteiger partial charge is 0.488 e. The molecular weight excluding hydrogens is 464 g/mol. The molecule has 10 heteroatoms. The van der Waals surface area contributed by atoms with Crippen LogP contribution in [-0.4, -0.2) is 40.7 Å². The predicted molar refractivity (Wildman–Crippen MR) is 136 cm³/mol. The summed E-state index contributed by atoms with van der Waals surface area (Å²) in [6.45, 7) is 4.22. The van der Waals surface area contributed by atoms with Crippen LogP contribution >= 0.6 is 0 Å². The molecule has 0 saturated carbocycles. The van der Waals surface area contributed by atoms with Crippen LogP contribution < -0.4 is 26.3 Å². The van der Waals surface area contributed by atoms with Crippen LogP contribution in [-0.2, 0) is 6.42 Å². The van der Waals surface area contributed by atoms with E-state index >= 15 is 0 Å². The quantitative estimate of drug-likeness (QED) is 0.169. The van der Waals surface area contributed by atoms with Crippen LogP contribution in [0.25, 0.3) is 0 Å². The molecule has 0 aromatic heterocycles. The number of nitro groups is 1. The maximum Gasteiger partial charge on any atom is 0.295 e. The Morgan fingerprint density at radius 1 is 1.08 bits per heavy atom. The van der Waals surface area contributed by atoms with Gasteiger partial charge in [-0.05, 0) is 68.3 Å². The summed E-state index contributed by atoms with van der Waals surface area (Å²) in [5, 5.41) is 24.6. The lowest BCUT2D eigenvalue weighted by atomic mass is 9.94. The van der Waals surface area contributed by atoms with Gasteiger partial charge in [0, 0.05) is 23.7 Å². The highest BCUT2D eigenvalue weighted by molar-refractivity contribution is 5.92. The molecule has 1 amide bonds. The fraction of sp³-hybridized carbons (Fsp3) is 0.269. The number of nitrogens with one attached hydrogen (secondary N) is 1. The first-order valence-electron chi connectivity index (χ1n) is 11.3. The smallest absolute Gasteiger partial charge is 0.295 e. The van der Waals surface area contributed by atoms with E-state index in [-0.39, 0.29) is 35.8 Å². The van der Waals surface area contributed by atoms with Crippen LogP contribution in [0.5, 0.6) is 17.2 Å². The minimum Gasteiger partial charge on any atom is -0.488 e. The van der Waals surface area contributed by atoms with Crippen LogP contribution in [0.3, 0.4) is 0 Å². The van der Waals surface area contributed by atoms with Gasteiger partial charge in [-0.25, -0.2) is 0 Å². The van der Waals surface area contributed by atoms with Gasteiger partial charge in [-0.1, -0.05) is 18.2 Å². The first-order valence-corrected chi connectivity index (χ1v) is 11.3. The Morgan fingerprint density at radius 2 is 1.69 bits per heavy atom. The molecule has 0 aliphatic rings. The molecule has 6 N–H and O–H groups in total. The number of benzene rings is 3. The molecule has 0 unspecified atom stereocenters. The number of para-hydroxylation sites is 1. The van der Waals surface area contributed by atoms with Gasteiger partial charge in [0.15, 0.2) is 5.69 Å². The Labute approximate surface area is 209 Å². The van der Waals surface area contributed by atoms with Gasteiger partial charge in [0.05, 0.1) is 4.92 Å². The van der Waals surface area contributed by atoms with Crippen molar-refractivity contribution in [1.82, 2.24) is 5.32 Å². The average Bonchev–Trinajstić information content (AvgIpc) is 2.83. The highest BCUT2D eigenvalue weighted by atomic mass is 16.6. The third kappa shape index (κ3) is 7.42. The summed E-state index contributed by atoms with van der Waals surface area (Å²) in [5.74, 6) is 0.921. The molecule has 0 radical (unpaired) electrons. The number of aliphatic hydroxyl groups excluding tert-OH is 1. The standard InChI is InChI=1S/C26H30N4O6/c1-26(2,29-15-19(31)16-35-23-5-3-4-22(24(23)27)30(33)34)14-17-6-10-20(11-7-17)36-21-12-8-18(9-13-21)25(28)32/h3-13,19,29,31H,14-16,27H2,1-2H3,(H2,28,32)/t19-/m0/s1. The van der Waals surface area contributed by atoms with E-state index in [1.165, 1.54) is 18.2 Å². The van der Waals surface area contributed by atoms with Crippen LogP contribution in [0.1, 0.15) is 29.8 Å². The first-order chi connectivity index (χ1) is 17.0. The molecule has 0 saturated heterocycles. The number of hydrogen-bond donors (Lipinski definition) is 4. The monoisotopic (exact) mass is 494 g/mol. The van der Waals surface area contributed by atoms with Gasteiger partial charge in [0.1, 0.15) is 30.0 Å². The van der Waals surface area contributed by atoms with Crippen LogP contribution in [0, 0.1) is 10.1 Å². The molecule has 0 heterocycles. The number of aliphatic hydroxyl groups is 1. The summed E-state index contributed by atoms with van der Waals surface area (Å²) in [6.07, 6.45) is -0.161. The summed E-state index contributed by atoms with van der Waals surface area (Å²) in [5.41, 5.74) is 11.9. The third-order valence-electron chi connectivity index (χ3n) is 5.43. The SMILES string of the molecule is CC(C)(Cc1ccc(Oc2ccc(C(N)=O)cc2)cc1)NC[C@H](O)COc1cccc([N+](=O)[O-])c1N. The number of hydrogen-bond acceptors (Lipinski definition) is 8. The lowest BCUT2D eigenvalue weighted by Crippen LogP contribution is -2.46. The number of β-amino-alcohol motifs (C(OH)–C–C–N with tert-alkyl or cyclic N) is 1.